The maximum atomic E-state index is 15.9. The van der Waals surface area contributed by atoms with Crippen LogP contribution < -0.4 is 21.3 Å². The highest BCUT2D eigenvalue weighted by molar-refractivity contribution is 9.10. The number of hydrogen-bond donors (Lipinski definition) is 4. The van der Waals surface area contributed by atoms with Crippen LogP contribution in [-0.2, 0) is 22.6 Å². The summed E-state index contributed by atoms with van der Waals surface area (Å²) in [7, 11) is 0. The van der Waals surface area contributed by atoms with E-state index in [0.717, 1.165) is 6.07 Å². The van der Waals surface area contributed by atoms with Gasteiger partial charge in [0.15, 0.2) is 22.9 Å². The van der Waals surface area contributed by atoms with Gasteiger partial charge in [-0.3, -0.25) is 0 Å². The molecular formula is C39H40Br2F2N10O6. The van der Waals surface area contributed by atoms with E-state index in [-0.39, 0.29) is 116 Å². The van der Waals surface area contributed by atoms with E-state index in [1.807, 2.05) is 18.7 Å². The Balaban J connectivity index is 1.22. The van der Waals surface area contributed by atoms with Crippen molar-refractivity contribution in [1.82, 2.24) is 29.2 Å². The molecule has 0 spiro atoms. The summed E-state index contributed by atoms with van der Waals surface area (Å²) >= 11 is 6.64. The van der Waals surface area contributed by atoms with E-state index in [1.165, 1.54) is 21.2 Å². The predicted octanol–water partition coefficient (Wildman–Crippen LogP) is 6.73. The molecule has 0 amide bonds. The molecule has 20 heteroatoms. The number of halogens is 4. The number of nitrogen functional groups attached to an aromatic ring is 2. The second-order valence-electron chi connectivity index (χ2n) is 14.2. The van der Waals surface area contributed by atoms with Crippen LogP contribution in [0.25, 0.3) is 11.3 Å². The zero-order valence-electron chi connectivity index (χ0n) is 32.3. The fraction of sp³-hybridized carbons (Fsp3) is 0.333. The smallest absolute Gasteiger partial charge is 0.345 e. The Morgan fingerprint density at radius 3 is 2.00 bits per heavy atom. The van der Waals surface area contributed by atoms with E-state index in [4.69, 9.17) is 30.9 Å². The maximum Gasteiger partial charge on any atom is 0.345 e. The molecule has 4 heterocycles. The minimum absolute atomic E-state index is 0.0187. The highest BCUT2D eigenvalue weighted by atomic mass is 79.9. The van der Waals surface area contributed by atoms with Crippen LogP contribution in [0, 0.1) is 17.6 Å². The Kier molecular flexibility index (Phi) is 11.6. The summed E-state index contributed by atoms with van der Waals surface area (Å²) in [6.45, 7) is 7.65. The largest absolute Gasteiger partial charge is 0.508 e. The van der Waals surface area contributed by atoms with Crippen LogP contribution in [0.3, 0.4) is 0 Å². The first-order valence-electron chi connectivity index (χ1n) is 18.6. The maximum absolute atomic E-state index is 15.9. The van der Waals surface area contributed by atoms with Crippen LogP contribution in [0.2, 0.25) is 0 Å². The van der Waals surface area contributed by atoms with Crippen LogP contribution in [-0.4, -0.2) is 77.1 Å². The van der Waals surface area contributed by atoms with Gasteiger partial charge in [-0.15, -0.1) is 10.2 Å². The Hall–Kier alpha value is -5.76. The normalized spacial score (nSPS) is 14.9. The third-order valence-corrected chi connectivity index (χ3v) is 11.9. The molecule has 0 aliphatic heterocycles. The highest BCUT2D eigenvalue weighted by Crippen LogP contribution is 2.53. The predicted molar refractivity (Wildman–Crippen MR) is 221 cm³/mol. The molecule has 16 nitrogen and oxygen atoms in total. The Labute approximate surface area is 353 Å². The number of esters is 2. The molecule has 1 aliphatic carbocycles. The van der Waals surface area contributed by atoms with Gasteiger partial charge in [0.2, 0.25) is 0 Å². The Bertz CT molecular complexity index is 2620. The lowest BCUT2D eigenvalue weighted by Gasteiger charge is -2.29. The molecule has 7 rings (SSSR count). The fourth-order valence-corrected chi connectivity index (χ4v) is 7.99. The summed E-state index contributed by atoms with van der Waals surface area (Å²) < 4.78 is 43.9. The van der Waals surface area contributed by atoms with E-state index < -0.39 is 23.6 Å². The molecule has 2 atom stereocenters. The summed E-state index contributed by atoms with van der Waals surface area (Å²) in [5.41, 5.74) is 13.4. The van der Waals surface area contributed by atoms with Gasteiger partial charge in [0.25, 0.3) is 0 Å². The zero-order valence-corrected chi connectivity index (χ0v) is 35.5. The number of hydrogen-bond acceptors (Lipinski definition) is 14. The summed E-state index contributed by atoms with van der Waals surface area (Å²) in [4.78, 5) is 38.7. The summed E-state index contributed by atoms with van der Waals surface area (Å²) in [5.74, 6) is -2.63. The van der Waals surface area contributed by atoms with Crippen molar-refractivity contribution in [3.63, 3.8) is 0 Å². The van der Waals surface area contributed by atoms with Gasteiger partial charge < -0.3 is 41.0 Å². The number of nitrogens with two attached hydrogens (primary N) is 2. The van der Waals surface area contributed by atoms with Gasteiger partial charge in [0, 0.05) is 54.8 Å². The highest BCUT2D eigenvalue weighted by Gasteiger charge is 2.43. The Morgan fingerprint density at radius 1 is 0.864 bits per heavy atom. The average molecular weight is 943 g/mol. The van der Waals surface area contributed by atoms with E-state index in [0.29, 0.717) is 23.6 Å². The average Bonchev–Trinajstić information content (AvgIpc) is 3.75. The summed E-state index contributed by atoms with van der Waals surface area (Å²) in [6.07, 6.45) is 3.72. The van der Waals surface area contributed by atoms with Crippen molar-refractivity contribution in [3.05, 3.63) is 91.1 Å². The number of fused-ring (bicyclic) bond motifs is 2. The second kappa shape index (κ2) is 16.5. The number of nitrogens with zero attached hydrogens (tertiary/aromatic N) is 8. The number of rotatable bonds is 14. The van der Waals surface area contributed by atoms with Crippen LogP contribution in [0.5, 0.6) is 11.5 Å². The van der Waals surface area contributed by atoms with E-state index in [9.17, 15) is 24.2 Å². The van der Waals surface area contributed by atoms with Crippen LogP contribution in [0.15, 0.2) is 51.7 Å². The molecule has 0 saturated heterocycles. The third kappa shape index (κ3) is 7.89. The van der Waals surface area contributed by atoms with Crippen molar-refractivity contribution in [3.8, 4) is 11.5 Å². The number of phenolic OH excluding ortho intramolecular Hbond substituents is 2. The van der Waals surface area contributed by atoms with Gasteiger partial charge in [-0.2, -0.15) is 0 Å². The number of ether oxygens (including phenoxy) is 2. The number of aromatic hydroxyl groups is 2. The topological polar surface area (TPSA) is 212 Å². The number of carbonyl (C=O) groups excluding carboxylic acids is 2. The minimum Gasteiger partial charge on any atom is -0.508 e. The molecule has 59 heavy (non-hydrogen) atoms. The molecule has 310 valence electrons. The Morgan fingerprint density at radius 2 is 1.42 bits per heavy atom. The molecule has 4 aromatic heterocycles. The molecule has 1 saturated carbocycles. The van der Waals surface area contributed by atoms with Crippen molar-refractivity contribution >= 4 is 78.4 Å². The molecule has 6 N–H and O–H groups in total. The molecule has 1 aliphatic rings. The molecule has 6 aromatic rings. The van der Waals surface area contributed by atoms with Gasteiger partial charge in [-0.25, -0.2) is 37.4 Å². The van der Waals surface area contributed by atoms with Gasteiger partial charge in [0.1, 0.15) is 45.9 Å². The van der Waals surface area contributed by atoms with Gasteiger partial charge in [0.05, 0.1) is 22.2 Å². The van der Waals surface area contributed by atoms with Crippen molar-refractivity contribution in [2.75, 3.05) is 41.0 Å². The van der Waals surface area contributed by atoms with Gasteiger partial charge >= 0.3 is 11.9 Å². The van der Waals surface area contributed by atoms with Crippen LogP contribution >= 0.6 is 31.9 Å². The van der Waals surface area contributed by atoms with E-state index in [1.54, 1.807) is 43.3 Å². The van der Waals surface area contributed by atoms with Crippen molar-refractivity contribution < 1.29 is 38.1 Å². The minimum atomic E-state index is -0.701. The summed E-state index contributed by atoms with van der Waals surface area (Å²) in [5, 5.41) is 31.1. The lowest BCUT2D eigenvalue weighted by molar-refractivity contribution is 0.0519. The van der Waals surface area contributed by atoms with Crippen LogP contribution in [0.1, 0.15) is 77.4 Å². The first-order valence-corrected chi connectivity index (χ1v) is 20.2. The molecule has 2 unspecified atom stereocenters. The quantitative estimate of drug-likeness (QED) is 0.0835. The zero-order chi connectivity index (χ0) is 42.4. The van der Waals surface area contributed by atoms with Crippen molar-refractivity contribution in [1.29, 1.82) is 0 Å². The molecule has 2 aromatic carbocycles. The van der Waals surface area contributed by atoms with Crippen molar-refractivity contribution in [2.24, 2.45) is 5.92 Å². The fourth-order valence-electron chi connectivity index (χ4n) is 7.10. The SMILES string of the molecule is CCOC(=O)c1c(N)nn2ccc(N(Cc3c(O)ccc(F)c3Br)CC3CC3c3cc(F)c(Br)c(CN(c4ccn5nc(N)c(C(=O)OCC)c5n4)C(C)C)c3O)nc12. The second-order valence-corrected chi connectivity index (χ2v) is 15.8. The molecule has 1 fully saturated rings. The third-order valence-electron chi connectivity index (χ3n) is 10.1. The molecule has 0 bridgehead atoms. The van der Waals surface area contributed by atoms with Crippen LogP contribution in [0.4, 0.5) is 32.1 Å². The molecular weight excluding hydrogens is 902 g/mol. The van der Waals surface area contributed by atoms with E-state index in [2.05, 4.69) is 42.1 Å². The summed E-state index contributed by atoms with van der Waals surface area (Å²) in [6, 6.07) is 6.81. The number of carbonyl (C=O) groups is 2. The van der Waals surface area contributed by atoms with Crippen molar-refractivity contribution in [2.45, 2.75) is 59.2 Å². The molecule has 0 radical (unpaired) electrons. The van der Waals surface area contributed by atoms with Gasteiger partial charge in [-0.1, -0.05) is 0 Å². The number of anilines is 4. The lowest BCUT2D eigenvalue weighted by atomic mass is 10.0. The first kappa shape index (κ1) is 41.4. The number of benzene rings is 2. The van der Waals surface area contributed by atoms with E-state index >= 15 is 4.39 Å². The first-order chi connectivity index (χ1) is 28.1. The van der Waals surface area contributed by atoms with Gasteiger partial charge in [-0.05, 0) is 108 Å². The monoisotopic (exact) mass is 940 g/mol. The lowest BCUT2D eigenvalue weighted by Crippen LogP contribution is -2.31. The standard InChI is InChI=1S/C39H40Br2F2N10O6/c1-5-58-38(56)29-34(44)48-52-11-9-27(46-36(29)52)50(16-22-26(54)8-7-24(42)31(22)40)15-19-13-20(19)21-14-25(43)32(41)23(33(21)55)17-51(18(3)4)28-10-12-53-37(47-28)30(35(45)49-53)39(57)59-6-2/h7-12,14,18-20,54-55H,5-6,13,15-17H2,1-4H3,(H2,44,48)(H2,45,49). The number of phenols is 2. The number of aromatic nitrogens is 6.